The Bertz CT molecular complexity index is 27.0. The second-order valence-corrected chi connectivity index (χ2v) is 0. The van der Waals surface area contributed by atoms with E-state index < -0.39 is 0 Å². The van der Waals surface area contributed by atoms with Crippen LogP contribution in [0.4, 0.5) is 0 Å². The molecule has 2 nitrogen and oxygen atoms in total. The summed E-state index contributed by atoms with van der Waals surface area (Å²) >= 11 is 0. The first-order valence-corrected chi connectivity index (χ1v) is 0.447. The zero-order valence-electron chi connectivity index (χ0n) is 2.58. The van der Waals surface area contributed by atoms with Gasteiger partial charge in [0.2, 0.25) is 0 Å². The predicted octanol–water partition coefficient (Wildman–Crippen LogP) is 0.188. The van der Waals surface area contributed by atoms with Crippen molar-refractivity contribution in [3.05, 3.63) is 13.1 Å². The van der Waals surface area contributed by atoms with Gasteiger partial charge in [-0.25, -0.2) is 0 Å². The monoisotopic (exact) mass is 167 g/mol. The summed E-state index contributed by atoms with van der Waals surface area (Å²) in [6.45, 7) is 9.50. The van der Waals surface area contributed by atoms with Crippen molar-refractivity contribution in [1.29, 1.82) is 10.5 Å². The van der Waals surface area contributed by atoms with E-state index in [1.54, 1.807) is 0 Å². The molecule has 0 N–H and O–H groups in total. The van der Waals surface area contributed by atoms with E-state index in [-0.39, 0.29) is 33.8 Å². The molecule has 0 spiro atoms. The summed E-state index contributed by atoms with van der Waals surface area (Å²) in [6.07, 6.45) is 0. The number of hydrogen-bond donors (Lipinski definition) is 0. The maximum Gasteiger partial charge on any atom is 2.00 e. The first-order chi connectivity index (χ1) is 2.00. The molecule has 0 rings (SSSR count). The van der Waals surface area contributed by atoms with Gasteiger partial charge in [0.25, 0.3) is 0 Å². The Morgan fingerprint density at radius 3 is 0.833 bits per heavy atom. The molecule has 4 heteroatoms. The van der Waals surface area contributed by atoms with Gasteiger partial charge in [0, 0.05) is 17.1 Å². The molecule has 0 saturated carbocycles. The fourth-order valence-electron chi connectivity index (χ4n) is 0. The fourth-order valence-corrected chi connectivity index (χ4v) is 0. The Balaban J connectivity index is -0.00000000500. The summed E-state index contributed by atoms with van der Waals surface area (Å²) in [7, 11) is 0. The molecular weight excluding hydrogens is 167 g/mol. The van der Waals surface area contributed by atoms with Crippen LogP contribution in [-0.2, 0) is 33.8 Å². The predicted molar refractivity (Wildman–Crippen MR) is 9.94 cm³/mol. The van der Waals surface area contributed by atoms with E-state index in [4.69, 9.17) is 23.7 Å². The number of nitrogens with zero attached hydrogens (tertiary/aromatic N) is 2. The van der Waals surface area contributed by atoms with Crippen molar-refractivity contribution in [3.8, 4) is 0 Å². The second-order valence-electron chi connectivity index (χ2n) is 0. The molecule has 0 aromatic carbocycles. The molecule has 35 valence electrons. The van der Waals surface area contributed by atoms with Crippen molar-refractivity contribution < 1.29 is 33.8 Å². The van der Waals surface area contributed by atoms with E-state index in [1.165, 1.54) is 0 Å². The molecule has 0 atom stereocenters. The molecule has 0 amide bonds. The molecule has 6 heavy (non-hydrogen) atoms. The maximum atomic E-state index is 6.25. The van der Waals surface area contributed by atoms with Gasteiger partial charge in [-0.05, 0) is 0 Å². The minimum Gasteiger partial charge on any atom is -0.512 e. The van der Waals surface area contributed by atoms with Gasteiger partial charge < -0.3 is 23.7 Å². The van der Waals surface area contributed by atoms with Gasteiger partial charge in [-0.3, -0.25) is 0 Å². The van der Waals surface area contributed by atoms with E-state index in [0.717, 1.165) is 0 Å². The molecule has 0 aromatic heterocycles. The molecular formula is C2CoFeN2. The molecule has 0 heterocycles. The van der Waals surface area contributed by atoms with Crippen LogP contribution in [0, 0.1) is 23.7 Å². The van der Waals surface area contributed by atoms with Crippen LogP contribution >= 0.6 is 0 Å². The maximum absolute atomic E-state index is 6.25. The van der Waals surface area contributed by atoms with E-state index in [9.17, 15) is 0 Å². The van der Waals surface area contributed by atoms with Crippen LogP contribution in [0.5, 0.6) is 0 Å². The Morgan fingerprint density at radius 1 is 0.833 bits per heavy atom. The Labute approximate surface area is 57.8 Å². The van der Waals surface area contributed by atoms with Gasteiger partial charge in [0.05, 0.1) is 0 Å². The minimum atomic E-state index is 0. The van der Waals surface area contributed by atoms with Crippen molar-refractivity contribution in [2.45, 2.75) is 0 Å². The summed E-state index contributed by atoms with van der Waals surface area (Å²) in [5.74, 6) is 0. The summed E-state index contributed by atoms with van der Waals surface area (Å²) in [5.41, 5.74) is 0. The summed E-state index contributed by atoms with van der Waals surface area (Å²) in [4.78, 5) is 0. The third-order valence-electron chi connectivity index (χ3n) is 0. The van der Waals surface area contributed by atoms with E-state index in [2.05, 4.69) is 0 Å². The van der Waals surface area contributed by atoms with Gasteiger partial charge in [0.15, 0.2) is 0 Å². The van der Waals surface area contributed by atoms with Crippen LogP contribution < -0.4 is 0 Å². The first kappa shape index (κ1) is 37.4. The fraction of sp³-hybridized carbons (Fsp3) is 0. The van der Waals surface area contributed by atoms with Gasteiger partial charge in [-0.15, -0.1) is 0 Å². The van der Waals surface area contributed by atoms with E-state index >= 15 is 0 Å². The van der Waals surface area contributed by atoms with Crippen LogP contribution in [0.15, 0.2) is 0 Å². The third-order valence-corrected chi connectivity index (χ3v) is 0. The minimum absolute atomic E-state index is 0. The Hall–Kier alpha value is 0.00597. The van der Waals surface area contributed by atoms with Crippen molar-refractivity contribution >= 4 is 0 Å². The second kappa shape index (κ2) is 2250000. The van der Waals surface area contributed by atoms with Crippen LogP contribution in [0.1, 0.15) is 0 Å². The third kappa shape index (κ3) is 1010000. The van der Waals surface area contributed by atoms with Crippen molar-refractivity contribution in [3.63, 3.8) is 0 Å². The van der Waals surface area contributed by atoms with Crippen molar-refractivity contribution in [2.75, 3.05) is 0 Å². The van der Waals surface area contributed by atoms with Crippen LogP contribution in [0.25, 0.3) is 0 Å². The molecule has 0 saturated heterocycles. The summed E-state index contributed by atoms with van der Waals surface area (Å²) < 4.78 is 0. The quantitative estimate of drug-likeness (QED) is 0.381. The van der Waals surface area contributed by atoms with Crippen LogP contribution in [-0.4, -0.2) is 0 Å². The molecule has 1 radical (unpaired) electrons. The van der Waals surface area contributed by atoms with Gasteiger partial charge >= 0.3 is 16.8 Å². The average molecular weight is 167 g/mol. The SMILES string of the molecule is [C-]#N.[C-]#N.[Co+2].[Fe]. The van der Waals surface area contributed by atoms with E-state index in [1.807, 2.05) is 0 Å². The van der Waals surface area contributed by atoms with E-state index in [0.29, 0.717) is 0 Å². The largest absolute Gasteiger partial charge is 2.00 e. The average Bonchev–Trinajstić information content (AvgIpc) is 1.50. The standard InChI is InChI=1S/2CN.Co.Fe/c2*1-2;;/q2*-1;+2;. The smallest absolute Gasteiger partial charge is 0.512 e. The van der Waals surface area contributed by atoms with Gasteiger partial charge in [-0.2, -0.15) is 0 Å². The van der Waals surface area contributed by atoms with Crippen LogP contribution in [0.3, 0.4) is 0 Å². The topological polar surface area (TPSA) is 47.6 Å². The van der Waals surface area contributed by atoms with Gasteiger partial charge in [0.1, 0.15) is 0 Å². The molecule has 0 bridgehead atoms. The molecule has 0 aliphatic heterocycles. The number of rotatable bonds is 0. The Kier molecular flexibility index (Phi) is 14000000. The summed E-state index contributed by atoms with van der Waals surface area (Å²) in [5, 5.41) is 12.5. The van der Waals surface area contributed by atoms with Gasteiger partial charge in [-0.1, -0.05) is 0 Å². The molecule has 0 aliphatic rings. The first-order valence-electron chi connectivity index (χ1n) is 0.447. The summed E-state index contributed by atoms with van der Waals surface area (Å²) in [6, 6.07) is 0. The molecule has 0 aromatic rings. The van der Waals surface area contributed by atoms with Crippen molar-refractivity contribution in [2.24, 2.45) is 0 Å². The Morgan fingerprint density at radius 2 is 0.833 bits per heavy atom. The molecule has 0 fully saturated rings. The number of hydrogen-bond acceptors (Lipinski definition) is 2. The molecule has 0 aliphatic carbocycles. The normalized spacial score (nSPS) is 0.667. The molecule has 0 unspecified atom stereocenters. The van der Waals surface area contributed by atoms with Crippen molar-refractivity contribution in [1.82, 2.24) is 0 Å². The van der Waals surface area contributed by atoms with Crippen LogP contribution in [0.2, 0.25) is 0 Å². The zero-order chi connectivity index (χ0) is 4.00. The zero-order valence-corrected chi connectivity index (χ0v) is 4.73.